The van der Waals surface area contributed by atoms with Crippen LogP contribution in [0.1, 0.15) is 37.8 Å². The molecule has 1 heterocycles. The van der Waals surface area contributed by atoms with Crippen molar-refractivity contribution in [3.05, 3.63) is 35.4 Å². The van der Waals surface area contributed by atoms with E-state index >= 15 is 0 Å². The Hall–Kier alpha value is -1.35. The fourth-order valence-corrected chi connectivity index (χ4v) is 2.96. The fourth-order valence-electron chi connectivity index (χ4n) is 2.96. The van der Waals surface area contributed by atoms with Crippen LogP contribution < -0.4 is 10.6 Å². The molecule has 1 fully saturated rings. The summed E-state index contributed by atoms with van der Waals surface area (Å²) < 4.78 is 0. The predicted octanol–water partition coefficient (Wildman–Crippen LogP) is 2.43. The van der Waals surface area contributed by atoms with E-state index in [-0.39, 0.29) is 17.4 Å². The van der Waals surface area contributed by atoms with Gasteiger partial charge in [-0.2, -0.15) is 0 Å². The molecule has 1 aliphatic heterocycles. The number of aryl methyl sites for hydroxylation is 1. The molecular weight excluding hydrogens is 248 g/mol. The van der Waals surface area contributed by atoms with Crippen LogP contribution in [0, 0.1) is 12.3 Å². The summed E-state index contributed by atoms with van der Waals surface area (Å²) in [6, 6.07) is 8.39. The molecule has 0 saturated carbocycles. The van der Waals surface area contributed by atoms with Gasteiger partial charge in [-0.3, -0.25) is 4.79 Å². The Bertz CT molecular complexity index is 468. The average molecular weight is 274 g/mol. The molecule has 0 bridgehead atoms. The monoisotopic (exact) mass is 274 g/mol. The summed E-state index contributed by atoms with van der Waals surface area (Å²) in [5, 5.41) is 6.43. The van der Waals surface area contributed by atoms with Crippen molar-refractivity contribution in [3.8, 4) is 0 Å². The minimum Gasteiger partial charge on any atom is -0.354 e. The van der Waals surface area contributed by atoms with Crippen molar-refractivity contribution in [3.63, 3.8) is 0 Å². The van der Waals surface area contributed by atoms with E-state index in [2.05, 4.69) is 55.7 Å². The Morgan fingerprint density at radius 1 is 1.45 bits per heavy atom. The Morgan fingerprint density at radius 3 is 2.95 bits per heavy atom. The number of hydrogen-bond donors (Lipinski definition) is 2. The summed E-state index contributed by atoms with van der Waals surface area (Å²) in [5.41, 5.74) is 2.59. The third kappa shape index (κ3) is 3.83. The summed E-state index contributed by atoms with van der Waals surface area (Å²) >= 11 is 0. The molecule has 3 nitrogen and oxygen atoms in total. The van der Waals surface area contributed by atoms with Crippen LogP contribution in [0.3, 0.4) is 0 Å². The van der Waals surface area contributed by atoms with Gasteiger partial charge in [0.1, 0.15) is 0 Å². The third-order valence-corrected chi connectivity index (χ3v) is 4.19. The minimum absolute atomic E-state index is 0.0473. The predicted molar refractivity (Wildman–Crippen MR) is 82.7 cm³/mol. The molecule has 1 aromatic rings. The van der Waals surface area contributed by atoms with Gasteiger partial charge >= 0.3 is 0 Å². The quantitative estimate of drug-likeness (QED) is 0.885. The fraction of sp³-hybridized carbons (Fsp3) is 0.588. The number of piperidine rings is 1. The molecular formula is C17H26N2O. The first-order valence-corrected chi connectivity index (χ1v) is 7.56. The number of rotatable bonds is 4. The number of carbonyl (C=O) groups excluding carboxylic acids is 1. The van der Waals surface area contributed by atoms with E-state index in [1.54, 1.807) is 0 Å². The van der Waals surface area contributed by atoms with Gasteiger partial charge in [-0.05, 0) is 43.7 Å². The summed E-state index contributed by atoms with van der Waals surface area (Å²) in [5.74, 6) is 0.141. The molecule has 110 valence electrons. The normalized spacial score (nSPS) is 21.4. The maximum Gasteiger partial charge on any atom is 0.237 e. The van der Waals surface area contributed by atoms with Crippen LogP contribution in [0.4, 0.5) is 0 Å². The second-order valence-corrected chi connectivity index (χ2v) is 6.51. The summed E-state index contributed by atoms with van der Waals surface area (Å²) in [7, 11) is 0. The summed E-state index contributed by atoms with van der Waals surface area (Å²) in [4.78, 5) is 12.3. The van der Waals surface area contributed by atoms with E-state index < -0.39 is 0 Å². The molecule has 1 aliphatic rings. The van der Waals surface area contributed by atoms with E-state index in [9.17, 15) is 4.79 Å². The molecule has 20 heavy (non-hydrogen) atoms. The van der Waals surface area contributed by atoms with Crippen molar-refractivity contribution >= 4 is 5.91 Å². The number of hydrogen-bond acceptors (Lipinski definition) is 2. The molecule has 1 saturated heterocycles. The number of nitrogens with one attached hydrogen (secondary N) is 2. The van der Waals surface area contributed by atoms with Gasteiger partial charge in [0.05, 0.1) is 6.04 Å². The van der Waals surface area contributed by atoms with Crippen LogP contribution in [0.25, 0.3) is 0 Å². The molecule has 0 aromatic heterocycles. The zero-order valence-electron chi connectivity index (χ0n) is 12.8. The summed E-state index contributed by atoms with van der Waals surface area (Å²) in [6.45, 7) is 8.08. The lowest BCUT2D eigenvalue weighted by Crippen LogP contribution is -2.55. The standard InChI is InChI=1S/C17H26N2O/c1-13-6-4-7-14(12-13)8-11-19-16(20)15-17(2,3)9-5-10-18-15/h4,6-7,12,15,18H,5,8-11H2,1-3H3,(H,19,20). The first-order valence-electron chi connectivity index (χ1n) is 7.56. The van der Waals surface area contributed by atoms with E-state index in [4.69, 9.17) is 0 Å². The highest BCUT2D eigenvalue weighted by atomic mass is 16.2. The highest BCUT2D eigenvalue weighted by molar-refractivity contribution is 5.82. The lowest BCUT2D eigenvalue weighted by molar-refractivity contribution is -0.126. The Labute approximate surface area is 122 Å². The zero-order chi connectivity index (χ0) is 14.6. The van der Waals surface area contributed by atoms with Gasteiger partial charge in [-0.1, -0.05) is 43.7 Å². The first-order chi connectivity index (χ1) is 9.49. The second kappa shape index (κ2) is 6.40. The molecule has 0 aliphatic carbocycles. The van der Waals surface area contributed by atoms with Crippen LogP contribution >= 0.6 is 0 Å². The van der Waals surface area contributed by atoms with E-state index in [0.717, 1.165) is 25.8 Å². The van der Waals surface area contributed by atoms with Gasteiger partial charge in [0.2, 0.25) is 5.91 Å². The maximum atomic E-state index is 12.3. The smallest absolute Gasteiger partial charge is 0.237 e. The lowest BCUT2D eigenvalue weighted by atomic mass is 9.77. The Balaban J connectivity index is 1.83. The van der Waals surface area contributed by atoms with Crippen molar-refractivity contribution in [2.75, 3.05) is 13.1 Å². The van der Waals surface area contributed by atoms with Crippen LogP contribution in [0.2, 0.25) is 0 Å². The Morgan fingerprint density at radius 2 is 2.25 bits per heavy atom. The van der Waals surface area contributed by atoms with Gasteiger partial charge in [0.15, 0.2) is 0 Å². The topological polar surface area (TPSA) is 41.1 Å². The third-order valence-electron chi connectivity index (χ3n) is 4.19. The Kier molecular flexibility index (Phi) is 4.81. The van der Waals surface area contributed by atoms with E-state index in [0.29, 0.717) is 6.54 Å². The molecule has 1 unspecified atom stereocenters. The van der Waals surface area contributed by atoms with Gasteiger partial charge in [-0.25, -0.2) is 0 Å². The van der Waals surface area contributed by atoms with Crippen LogP contribution in [-0.4, -0.2) is 25.0 Å². The molecule has 1 atom stereocenters. The minimum atomic E-state index is -0.0613. The lowest BCUT2D eigenvalue weighted by Gasteiger charge is -2.38. The second-order valence-electron chi connectivity index (χ2n) is 6.51. The number of benzene rings is 1. The van der Waals surface area contributed by atoms with Gasteiger partial charge < -0.3 is 10.6 Å². The zero-order valence-corrected chi connectivity index (χ0v) is 12.8. The van der Waals surface area contributed by atoms with Crippen molar-refractivity contribution < 1.29 is 4.79 Å². The largest absolute Gasteiger partial charge is 0.354 e. The van der Waals surface area contributed by atoms with E-state index in [1.165, 1.54) is 11.1 Å². The number of amides is 1. The van der Waals surface area contributed by atoms with Crippen LogP contribution in [0.5, 0.6) is 0 Å². The van der Waals surface area contributed by atoms with E-state index in [1.807, 2.05) is 0 Å². The van der Waals surface area contributed by atoms with Crippen molar-refractivity contribution in [1.82, 2.24) is 10.6 Å². The van der Waals surface area contributed by atoms with Crippen molar-refractivity contribution in [2.45, 2.75) is 46.1 Å². The molecule has 1 aromatic carbocycles. The van der Waals surface area contributed by atoms with Gasteiger partial charge in [-0.15, -0.1) is 0 Å². The van der Waals surface area contributed by atoms with Crippen LogP contribution in [-0.2, 0) is 11.2 Å². The van der Waals surface area contributed by atoms with Crippen molar-refractivity contribution in [2.24, 2.45) is 5.41 Å². The SMILES string of the molecule is Cc1cccc(CCNC(=O)C2NCCCC2(C)C)c1. The average Bonchev–Trinajstić information content (AvgIpc) is 2.38. The molecule has 2 rings (SSSR count). The molecule has 0 spiro atoms. The molecule has 3 heteroatoms. The van der Waals surface area contributed by atoms with Crippen molar-refractivity contribution in [1.29, 1.82) is 0 Å². The highest BCUT2D eigenvalue weighted by Crippen LogP contribution is 2.30. The van der Waals surface area contributed by atoms with Gasteiger partial charge in [0, 0.05) is 6.54 Å². The maximum absolute atomic E-state index is 12.3. The molecule has 2 N–H and O–H groups in total. The summed E-state index contributed by atoms with van der Waals surface area (Å²) in [6.07, 6.45) is 3.15. The van der Waals surface area contributed by atoms with Crippen LogP contribution in [0.15, 0.2) is 24.3 Å². The molecule has 0 radical (unpaired) electrons. The molecule has 1 amide bonds. The first kappa shape index (κ1) is 15.0. The number of carbonyl (C=O) groups is 1. The van der Waals surface area contributed by atoms with Gasteiger partial charge in [0.25, 0.3) is 0 Å². The highest BCUT2D eigenvalue weighted by Gasteiger charge is 2.36.